The van der Waals surface area contributed by atoms with E-state index < -0.39 is 0 Å². The zero-order valence-electron chi connectivity index (χ0n) is 13.1. The van der Waals surface area contributed by atoms with Gasteiger partial charge < -0.3 is 4.74 Å². The Labute approximate surface area is 136 Å². The van der Waals surface area contributed by atoms with Crippen LogP contribution in [0, 0.1) is 6.92 Å². The first-order chi connectivity index (χ1) is 11.3. The first-order valence-electron chi connectivity index (χ1n) is 7.90. The molecule has 0 spiro atoms. The molecular weight excluding hydrogens is 280 g/mol. The third-order valence-electron chi connectivity index (χ3n) is 4.21. The van der Waals surface area contributed by atoms with Crippen LogP contribution in [0.3, 0.4) is 0 Å². The summed E-state index contributed by atoms with van der Waals surface area (Å²) in [5, 5.41) is 0. The summed E-state index contributed by atoms with van der Waals surface area (Å²) in [7, 11) is 0. The maximum atomic E-state index is 6.37. The predicted octanol–water partition coefficient (Wildman–Crippen LogP) is 5.67. The third kappa shape index (κ3) is 2.66. The van der Waals surface area contributed by atoms with Gasteiger partial charge in [-0.2, -0.15) is 0 Å². The van der Waals surface area contributed by atoms with Crippen molar-refractivity contribution < 1.29 is 4.74 Å². The van der Waals surface area contributed by atoms with Crippen LogP contribution in [0.2, 0.25) is 0 Å². The van der Waals surface area contributed by atoms with Crippen molar-refractivity contribution in [1.29, 1.82) is 0 Å². The van der Waals surface area contributed by atoms with E-state index in [2.05, 4.69) is 79.7 Å². The van der Waals surface area contributed by atoms with Gasteiger partial charge in [0.1, 0.15) is 11.9 Å². The van der Waals surface area contributed by atoms with Gasteiger partial charge in [-0.05, 0) is 36.3 Å². The first kappa shape index (κ1) is 13.8. The molecule has 0 saturated heterocycles. The molecule has 1 heterocycles. The molecule has 0 N–H and O–H groups in total. The minimum Gasteiger partial charge on any atom is -0.480 e. The molecule has 0 aromatic heterocycles. The smallest absolute Gasteiger partial charge is 0.149 e. The number of fused-ring (bicyclic) bond motifs is 1. The Morgan fingerprint density at radius 2 is 1.48 bits per heavy atom. The van der Waals surface area contributed by atoms with Crippen molar-refractivity contribution in [2.45, 2.75) is 13.0 Å². The van der Waals surface area contributed by atoms with Crippen molar-refractivity contribution in [3.8, 4) is 5.75 Å². The fraction of sp³-hybridized carbons (Fsp3) is 0.0909. The lowest BCUT2D eigenvalue weighted by Gasteiger charge is -2.28. The summed E-state index contributed by atoms with van der Waals surface area (Å²) in [6.45, 7) is 2.11. The maximum Gasteiger partial charge on any atom is 0.149 e. The third-order valence-corrected chi connectivity index (χ3v) is 4.21. The number of rotatable bonds is 2. The molecule has 1 atom stereocenters. The van der Waals surface area contributed by atoms with Gasteiger partial charge in [0.2, 0.25) is 0 Å². The van der Waals surface area contributed by atoms with E-state index in [0.29, 0.717) is 0 Å². The van der Waals surface area contributed by atoms with Crippen LogP contribution < -0.4 is 4.74 Å². The van der Waals surface area contributed by atoms with Crippen molar-refractivity contribution in [3.63, 3.8) is 0 Å². The predicted molar refractivity (Wildman–Crippen MR) is 95.3 cm³/mol. The molecule has 4 rings (SSSR count). The molecule has 3 aromatic carbocycles. The molecule has 0 bridgehead atoms. The van der Waals surface area contributed by atoms with Crippen LogP contribution in [-0.2, 0) is 0 Å². The first-order valence-corrected chi connectivity index (χ1v) is 7.90. The van der Waals surface area contributed by atoms with E-state index in [4.69, 9.17) is 4.74 Å². The average molecular weight is 298 g/mol. The Balaban J connectivity index is 1.88. The molecule has 1 aliphatic rings. The lowest BCUT2D eigenvalue weighted by molar-refractivity contribution is 0.261. The van der Waals surface area contributed by atoms with Crippen LogP contribution in [0.5, 0.6) is 5.75 Å². The quantitative estimate of drug-likeness (QED) is 0.592. The second-order valence-corrected chi connectivity index (χ2v) is 5.92. The highest BCUT2D eigenvalue weighted by Crippen LogP contribution is 2.42. The van der Waals surface area contributed by atoms with Crippen LogP contribution in [0.15, 0.2) is 78.9 Å². The molecule has 1 aliphatic heterocycles. The number of hydrogen-bond acceptors (Lipinski definition) is 1. The number of benzene rings is 3. The van der Waals surface area contributed by atoms with Crippen LogP contribution in [0.4, 0.5) is 0 Å². The maximum absolute atomic E-state index is 6.37. The van der Waals surface area contributed by atoms with Gasteiger partial charge in [0.15, 0.2) is 0 Å². The minimum absolute atomic E-state index is 0.0752. The lowest BCUT2D eigenvalue weighted by atomic mass is 9.90. The molecular formula is C22H18O. The van der Waals surface area contributed by atoms with Crippen molar-refractivity contribution in [3.05, 3.63) is 101 Å². The van der Waals surface area contributed by atoms with Crippen LogP contribution in [0.25, 0.3) is 11.6 Å². The Morgan fingerprint density at radius 3 is 2.22 bits per heavy atom. The van der Waals surface area contributed by atoms with Gasteiger partial charge in [-0.15, -0.1) is 0 Å². The minimum atomic E-state index is -0.0752. The Morgan fingerprint density at radius 1 is 0.783 bits per heavy atom. The van der Waals surface area contributed by atoms with E-state index in [9.17, 15) is 0 Å². The highest BCUT2D eigenvalue weighted by atomic mass is 16.5. The fourth-order valence-corrected chi connectivity index (χ4v) is 3.06. The normalized spacial score (nSPS) is 16.2. The summed E-state index contributed by atoms with van der Waals surface area (Å²) < 4.78 is 6.37. The number of ether oxygens (including phenoxy) is 1. The summed E-state index contributed by atoms with van der Waals surface area (Å²) in [6.07, 6.45) is 2.19. The van der Waals surface area contributed by atoms with E-state index in [1.807, 2.05) is 12.1 Å². The SMILES string of the molecule is Cc1ccc2c(c1)C=C(c1ccccc1)C(c1ccccc1)O2. The van der Waals surface area contributed by atoms with Gasteiger partial charge >= 0.3 is 0 Å². The van der Waals surface area contributed by atoms with E-state index in [1.54, 1.807) is 0 Å². The van der Waals surface area contributed by atoms with Crippen molar-refractivity contribution in [1.82, 2.24) is 0 Å². The molecule has 0 fully saturated rings. The number of hydrogen-bond donors (Lipinski definition) is 0. The monoisotopic (exact) mass is 298 g/mol. The molecule has 0 amide bonds. The largest absolute Gasteiger partial charge is 0.480 e. The topological polar surface area (TPSA) is 9.23 Å². The van der Waals surface area contributed by atoms with E-state index >= 15 is 0 Å². The van der Waals surface area contributed by atoms with E-state index in [-0.39, 0.29) is 6.10 Å². The van der Waals surface area contributed by atoms with Crippen molar-refractivity contribution >= 4 is 11.6 Å². The molecule has 0 aliphatic carbocycles. The Kier molecular flexibility index (Phi) is 3.47. The molecule has 0 radical (unpaired) electrons. The standard InChI is InChI=1S/C22H18O/c1-16-12-13-21-19(14-16)15-20(17-8-4-2-5-9-17)22(23-21)18-10-6-3-7-11-18/h2-15,22H,1H3. The molecule has 23 heavy (non-hydrogen) atoms. The summed E-state index contributed by atoms with van der Waals surface area (Å²) in [6, 6.07) is 27.2. The summed E-state index contributed by atoms with van der Waals surface area (Å²) in [5.74, 6) is 0.948. The zero-order valence-corrected chi connectivity index (χ0v) is 13.1. The fourth-order valence-electron chi connectivity index (χ4n) is 3.06. The molecule has 1 unspecified atom stereocenters. The zero-order chi connectivity index (χ0) is 15.6. The van der Waals surface area contributed by atoms with Gasteiger partial charge in [-0.3, -0.25) is 0 Å². The van der Waals surface area contributed by atoms with Crippen LogP contribution >= 0.6 is 0 Å². The molecule has 3 aromatic rings. The molecule has 0 saturated carbocycles. The lowest BCUT2D eigenvalue weighted by Crippen LogP contribution is -2.14. The van der Waals surface area contributed by atoms with Crippen molar-refractivity contribution in [2.24, 2.45) is 0 Å². The molecule has 112 valence electrons. The summed E-state index contributed by atoms with van der Waals surface area (Å²) >= 11 is 0. The van der Waals surface area contributed by atoms with Gasteiger partial charge in [0.25, 0.3) is 0 Å². The van der Waals surface area contributed by atoms with E-state index in [0.717, 1.165) is 11.3 Å². The van der Waals surface area contributed by atoms with Gasteiger partial charge in [0, 0.05) is 11.1 Å². The number of aryl methyl sites for hydroxylation is 1. The second-order valence-electron chi connectivity index (χ2n) is 5.92. The van der Waals surface area contributed by atoms with E-state index in [1.165, 1.54) is 22.3 Å². The second kappa shape index (κ2) is 5.77. The van der Waals surface area contributed by atoms with Crippen LogP contribution in [0.1, 0.15) is 28.4 Å². The highest BCUT2D eigenvalue weighted by Gasteiger charge is 2.25. The van der Waals surface area contributed by atoms with Gasteiger partial charge in [-0.25, -0.2) is 0 Å². The summed E-state index contributed by atoms with van der Waals surface area (Å²) in [5.41, 5.74) is 5.97. The van der Waals surface area contributed by atoms with Gasteiger partial charge in [0.05, 0.1) is 0 Å². The highest BCUT2D eigenvalue weighted by molar-refractivity contribution is 5.88. The van der Waals surface area contributed by atoms with Gasteiger partial charge in [-0.1, -0.05) is 72.3 Å². The Hall–Kier alpha value is -2.80. The van der Waals surface area contributed by atoms with Crippen molar-refractivity contribution in [2.75, 3.05) is 0 Å². The van der Waals surface area contributed by atoms with Crippen LogP contribution in [-0.4, -0.2) is 0 Å². The molecule has 1 heteroatoms. The Bertz CT molecular complexity index is 848. The average Bonchev–Trinajstić information content (AvgIpc) is 2.62. The summed E-state index contributed by atoms with van der Waals surface area (Å²) in [4.78, 5) is 0. The molecule has 1 nitrogen and oxygen atoms in total.